The second-order valence-electron chi connectivity index (χ2n) is 6.62. The lowest BCUT2D eigenvalue weighted by Crippen LogP contribution is -2.21. The fourth-order valence-electron chi connectivity index (χ4n) is 2.90. The van der Waals surface area contributed by atoms with E-state index in [2.05, 4.69) is 19.2 Å². The lowest BCUT2D eigenvalue weighted by molar-refractivity contribution is -0.137. The Bertz CT molecular complexity index is 497. The van der Waals surface area contributed by atoms with Crippen LogP contribution in [0.3, 0.4) is 0 Å². The monoisotopic (exact) mass is 319 g/mol. The molecule has 1 saturated carbocycles. The van der Waals surface area contributed by atoms with Gasteiger partial charge in [-0.3, -0.25) is 0 Å². The third-order valence-corrected chi connectivity index (χ3v) is 4.46. The van der Waals surface area contributed by atoms with Crippen LogP contribution in [0.15, 0.2) is 18.2 Å². The molecule has 0 radical (unpaired) electrons. The van der Waals surface area contributed by atoms with Crippen LogP contribution in [0, 0.1) is 5.41 Å². The van der Waals surface area contributed by atoms with Gasteiger partial charge in [-0.15, -0.1) is 0 Å². The molecule has 1 aliphatic rings. The highest BCUT2D eigenvalue weighted by molar-refractivity contribution is 6.30. The highest BCUT2D eigenvalue weighted by Gasteiger charge is 2.34. The van der Waals surface area contributed by atoms with Gasteiger partial charge in [0.2, 0.25) is 0 Å². The van der Waals surface area contributed by atoms with Gasteiger partial charge < -0.3 is 5.32 Å². The third kappa shape index (κ3) is 4.53. The lowest BCUT2D eigenvalue weighted by atomic mass is 9.85. The van der Waals surface area contributed by atoms with Crippen LogP contribution in [0.1, 0.15) is 51.5 Å². The molecular formula is C16H21ClF3N. The van der Waals surface area contributed by atoms with Crippen LogP contribution in [0.5, 0.6) is 0 Å². The van der Waals surface area contributed by atoms with Crippen molar-refractivity contribution in [2.45, 2.75) is 58.2 Å². The van der Waals surface area contributed by atoms with E-state index in [-0.39, 0.29) is 22.2 Å². The molecule has 118 valence electrons. The topological polar surface area (TPSA) is 12.0 Å². The van der Waals surface area contributed by atoms with Gasteiger partial charge in [-0.2, -0.15) is 13.2 Å². The summed E-state index contributed by atoms with van der Waals surface area (Å²) in [5, 5.41) is 3.19. The van der Waals surface area contributed by atoms with Crippen molar-refractivity contribution in [3.05, 3.63) is 28.8 Å². The van der Waals surface area contributed by atoms with E-state index < -0.39 is 11.7 Å². The van der Waals surface area contributed by atoms with Gasteiger partial charge in [0.15, 0.2) is 0 Å². The maximum Gasteiger partial charge on any atom is 0.418 e. The summed E-state index contributed by atoms with van der Waals surface area (Å²) < 4.78 is 39.3. The summed E-state index contributed by atoms with van der Waals surface area (Å²) in [6.45, 7) is 4.44. The molecule has 21 heavy (non-hydrogen) atoms. The first-order valence-corrected chi connectivity index (χ1v) is 7.68. The maximum atomic E-state index is 13.1. The molecule has 0 bridgehead atoms. The van der Waals surface area contributed by atoms with Gasteiger partial charge in [0, 0.05) is 16.8 Å². The van der Waals surface area contributed by atoms with E-state index in [9.17, 15) is 13.2 Å². The summed E-state index contributed by atoms with van der Waals surface area (Å²) >= 11 is 5.70. The van der Waals surface area contributed by atoms with Crippen LogP contribution >= 0.6 is 11.6 Å². The lowest BCUT2D eigenvalue weighted by Gasteiger charge is -2.23. The van der Waals surface area contributed by atoms with Gasteiger partial charge in [-0.25, -0.2) is 0 Å². The number of halogens is 4. The number of nitrogens with one attached hydrogen (secondary N) is 1. The second kappa shape index (κ2) is 6.07. The second-order valence-corrected chi connectivity index (χ2v) is 7.06. The van der Waals surface area contributed by atoms with Crippen LogP contribution in [0.2, 0.25) is 5.02 Å². The number of alkyl halides is 3. The van der Waals surface area contributed by atoms with Gasteiger partial charge >= 0.3 is 6.18 Å². The Morgan fingerprint density at radius 1 is 1.19 bits per heavy atom. The van der Waals surface area contributed by atoms with Gasteiger partial charge in [-0.1, -0.05) is 31.9 Å². The van der Waals surface area contributed by atoms with Crippen molar-refractivity contribution in [3.63, 3.8) is 0 Å². The van der Waals surface area contributed by atoms with Crippen molar-refractivity contribution in [2.24, 2.45) is 5.41 Å². The van der Waals surface area contributed by atoms with E-state index in [1.54, 1.807) is 0 Å². The highest BCUT2D eigenvalue weighted by Crippen LogP contribution is 2.39. The van der Waals surface area contributed by atoms with Crippen molar-refractivity contribution in [1.82, 2.24) is 0 Å². The molecule has 0 aliphatic heterocycles. The quantitative estimate of drug-likeness (QED) is 0.646. The Balaban J connectivity index is 2.16. The summed E-state index contributed by atoms with van der Waals surface area (Å²) in [5.41, 5.74) is -0.265. The van der Waals surface area contributed by atoms with Crippen LogP contribution in [0.25, 0.3) is 0 Å². The van der Waals surface area contributed by atoms with Gasteiger partial charge in [0.05, 0.1) is 5.56 Å². The minimum Gasteiger partial charge on any atom is -0.382 e. The average Bonchev–Trinajstić information content (AvgIpc) is 2.52. The first-order chi connectivity index (χ1) is 9.67. The van der Waals surface area contributed by atoms with Crippen molar-refractivity contribution in [1.29, 1.82) is 0 Å². The minimum atomic E-state index is -4.39. The van der Waals surface area contributed by atoms with Crippen molar-refractivity contribution >= 4 is 17.3 Å². The fraction of sp³-hybridized carbons (Fsp3) is 0.625. The number of rotatable bonds is 2. The SMILES string of the molecule is CC1(C)CCCC(Nc2ccc(Cl)cc2C(F)(F)F)CC1. The molecule has 1 atom stereocenters. The van der Waals surface area contributed by atoms with Crippen LogP contribution in [-0.4, -0.2) is 6.04 Å². The molecule has 5 heteroatoms. The third-order valence-electron chi connectivity index (χ3n) is 4.22. The van der Waals surface area contributed by atoms with Crippen LogP contribution in [0.4, 0.5) is 18.9 Å². The molecule has 1 aromatic rings. The molecule has 1 nitrogen and oxygen atoms in total. The largest absolute Gasteiger partial charge is 0.418 e. The molecule has 0 heterocycles. The molecule has 1 aliphatic carbocycles. The van der Waals surface area contributed by atoms with Crippen LogP contribution in [-0.2, 0) is 6.18 Å². The average molecular weight is 320 g/mol. The van der Waals surface area contributed by atoms with Crippen molar-refractivity contribution < 1.29 is 13.2 Å². The normalized spacial score (nSPS) is 22.7. The molecule has 1 aromatic carbocycles. The predicted molar refractivity (Wildman–Crippen MR) is 80.7 cm³/mol. The first-order valence-electron chi connectivity index (χ1n) is 7.31. The summed E-state index contributed by atoms with van der Waals surface area (Å²) in [5.74, 6) is 0. The Hall–Kier alpha value is -0.900. The Morgan fingerprint density at radius 3 is 2.57 bits per heavy atom. The highest BCUT2D eigenvalue weighted by atomic mass is 35.5. The number of anilines is 1. The standard InChI is InChI=1S/C16H21ClF3N/c1-15(2)8-3-4-12(7-9-15)21-14-6-5-11(17)10-13(14)16(18,19)20/h5-6,10,12,21H,3-4,7-9H2,1-2H3. The number of hydrogen-bond acceptors (Lipinski definition) is 1. The zero-order valence-corrected chi connectivity index (χ0v) is 13.1. The fourth-order valence-corrected chi connectivity index (χ4v) is 3.07. The summed E-state index contributed by atoms with van der Waals surface area (Å²) in [4.78, 5) is 0. The molecule has 0 aromatic heterocycles. The Morgan fingerprint density at radius 2 is 1.90 bits per heavy atom. The van der Waals surface area contributed by atoms with E-state index in [0.717, 1.165) is 38.2 Å². The summed E-state index contributed by atoms with van der Waals surface area (Å²) in [6.07, 6.45) is 0.602. The Labute approximate surface area is 128 Å². The van der Waals surface area contributed by atoms with E-state index >= 15 is 0 Å². The summed E-state index contributed by atoms with van der Waals surface area (Å²) in [7, 11) is 0. The number of benzene rings is 1. The maximum absolute atomic E-state index is 13.1. The van der Waals surface area contributed by atoms with E-state index in [4.69, 9.17) is 11.6 Å². The van der Waals surface area contributed by atoms with Gasteiger partial charge in [0.1, 0.15) is 0 Å². The van der Waals surface area contributed by atoms with Crippen molar-refractivity contribution in [3.8, 4) is 0 Å². The molecule has 0 amide bonds. The molecule has 1 fully saturated rings. The summed E-state index contributed by atoms with van der Waals surface area (Å²) in [6, 6.07) is 4.01. The number of hydrogen-bond donors (Lipinski definition) is 1. The molecule has 1 unspecified atom stereocenters. The minimum absolute atomic E-state index is 0.0917. The molecule has 1 N–H and O–H groups in total. The molecule has 2 rings (SSSR count). The molecule has 0 spiro atoms. The zero-order chi connectivity index (χ0) is 15.7. The smallest absolute Gasteiger partial charge is 0.382 e. The van der Waals surface area contributed by atoms with Crippen molar-refractivity contribution in [2.75, 3.05) is 5.32 Å². The first kappa shape index (κ1) is 16.5. The van der Waals surface area contributed by atoms with E-state index in [1.807, 2.05) is 0 Å². The zero-order valence-electron chi connectivity index (χ0n) is 12.4. The van der Waals surface area contributed by atoms with E-state index in [1.165, 1.54) is 12.1 Å². The van der Waals surface area contributed by atoms with Gasteiger partial charge in [-0.05, 0) is 49.3 Å². The molecular weight excluding hydrogens is 299 g/mol. The molecule has 0 saturated heterocycles. The van der Waals surface area contributed by atoms with Crippen LogP contribution < -0.4 is 5.32 Å². The van der Waals surface area contributed by atoms with E-state index in [0.29, 0.717) is 0 Å². The Kier molecular flexibility index (Phi) is 4.76. The predicted octanol–water partition coefficient (Wildman–Crippen LogP) is 6.13. The van der Waals surface area contributed by atoms with Gasteiger partial charge in [0.25, 0.3) is 0 Å².